The number of rotatable bonds is 7. The van der Waals surface area contributed by atoms with E-state index in [4.69, 9.17) is 5.11 Å². The van der Waals surface area contributed by atoms with Gasteiger partial charge in [-0.15, -0.1) is 0 Å². The third-order valence-corrected chi connectivity index (χ3v) is 3.09. The highest BCUT2D eigenvalue weighted by molar-refractivity contribution is 5.87. The fraction of sp³-hybridized carbons (Fsp3) is 0.562. The van der Waals surface area contributed by atoms with Crippen LogP contribution in [-0.4, -0.2) is 17.6 Å². The summed E-state index contributed by atoms with van der Waals surface area (Å²) >= 11 is 0. The molecule has 106 valence electrons. The van der Waals surface area contributed by atoms with Crippen LogP contribution in [0.25, 0.3) is 0 Å². The predicted molar refractivity (Wildman–Crippen MR) is 78.3 cm³/mol. The first kappa shape index (κ1) is 15.7. The van der Waals surface area contributed by atoms with Crippen LogP contribution in [0.3, 0.4) is 0 Å². The standard InChI is InChI=1S/C16H25NO2/c1-12(2)9-16(3,4)11-17-10-13-5-7-14(8-6-13)15(18)19/h5-8,12,17H,9-11H2,1-4H3,(H,18,19). The van der Waals surface area contributed by atoms with Gasteiger partial charge in [0, 0.05) is 13.1 Å². The lowest BCUT2D eigenvalue weighted by Gasteiger charge is -2.27. The highest BCUT2D eigenvalue weighted by Gasteiger charge is 2.18. The molecule has 0 aliphatic carbocycles. The first-order valence-electron chi connectivity index (χ1n) is 6.83. The zero-order valence-corrected chi connectivity index (χ0v) is 12.4. The second-order valence-corrected chi connectivity index (χ2v) is 6.37. The van der Waals surface area contributed by atoms with E-state index in [-0.39, 0.29) is 5.41 Å². The van der Waals surface area contributed by atoms with Crippen LogP contribution in [-0.2, 0) is 6.54 Å². The highest BCUT2D eigenvalue weighted by atomic mass is 16.4. The lowest BCUT2D eigenvalue weighted by atomic mass is 9.84. The molecule has 0 aliphatic heterocycles. The Balaban J connectivity index is 2.42. The van der Waals surface area contributed by atoms with Crippen LogP contribution >= 0.6 is 0 Å². The molecule has 0 amide bonds. The van der Waals surface area contributed by atoms with Crippen molar-refractivity contribution in [2.75, 3.05) is 6.54 Å². The minimum Gasteiger partial charge on any atom is -0.478 e. The van der Waals surface area contributed by atoms with E-state index in [0.29, 0.717) is 11.5 Å². The van der Waals surface area contributed by atoms with Crippen molar-refractivity contribution in [1.29, 1.82) is 0 Å². The van der Waals surface area contributed by atoms with Gasteiger partial charge in [0.1, 0.15) is 0 Å². The molecule has 0 unspecified atom stereocenters. The Hall–Kier alpha value is -1.35. The van der Waals surface area contributed by atoms with Crippen molar-refractivity contribution < 1.29 is 9.90 Å². The van der Waals surface area contributed by atoms with Gasteiger partial charge in [0.25, 0.3) is 0 Å². The molecule has 0 radical (unpaired) electrons. The predicted octanol–water partition coefficient (Wildman–Crippen LogP) is 3.55. The average molecular weight is 263 g/mol. The summed E-state index contributed by atoms with van der Waals surface area (Å²) in [5, 5.41) is 12.3. The van der Waals surface area contributed by atoms with Crippen LogP contribution in [0.4, 0.5) is 0 Å². The summed E-state index contributed by atoms with van der Waals surface area (Å²) in [4.78, 5) is 10.7. The highest BCUT2D eigenvalue weighted by Crippen LogP contribution is 2.24. The van der Waals surface area contributed by atoms with E-state index in [2.05, 4.69) is 33.0 Å². The number of hydrogen-bond donors (Lipinski definition) is 2. The molecule has 0 saturated carbocycles. The third kappa shape index (κ3) is 5.88. The van der Waals surface area contributed by atoms with E-state index < -0.39 is 5.97 Å². The van der Waals surface area contributed by atoms with Crippen molar-refractivity contribution in [3.05, 3.63) is 35.4 Å². The van der Waals surface area contributed by atoms with Crippen molar-refractivity contribution in [1.82, 2.24) is 5.32 Å². The van der Waals surface area contributed by atoms with Gasteiger partial charge in [-0.05, 0) is 35.4 Å². The van der Waals surface area contributed by atoms with Gasteiger partial charge >= 0.3 is 5.97 Å². The molecule has 0 spiro atoms. The van der Waals surface area contributed by atoms with Gasteiger partial charge in [-0.1, -0.05) is 39.8 Å². The number of benzene rings is 1. The molecule has 0 heterocycles. The van der Waals surface area contributed by atoms with E-state index in [1.165, 1.54) is 6.42 Å². The van der Waals surface area contributed by atoms with Gasteiger partial charge in [-0.25, -0.2) is 4.79 Å². The SMILES string of the molecule is CC(C)CC(C)(C)CNCc1ccc(C(=O)O)cc1. The van der Waals surface area contributed by atoms with Gasteiger partial charge in [0.05, 0.1) is 5.56 Å². The molecule has 1 aromatic carbocycles. The first-order valence-corrected chi connectivity index (χ1v) is 6.83. The zero-order valence-electron chi connectivity index (χ0n) is 12.4. The number of carboxylic acid groups (broad SMARTS) is 1. The van der Waals surface area contributed by atoms with Crippen LogP contribution in [0.2, 0.25) is 0 Å². The molecular formula is C16H25NO2. The smallest absolute Gasteiger partial charge is 0.335 e. The molecule has 1 rings (SSSR count). The topological polar surface area (TPSA) is 49.3 Å². The summed E-state index contributed by atoms with van der Waals surface area (Å²) in [6.07, 6.45) is 1.19. The monoisotopic (exact) mass is 263 g/mol. The van der Waals surface area contributed by atoms with E-state index in [9.17, 15) is 4.79 Å². The number of nitrogens with one attached hydrogen (secondary N) is 1. The summed E-state index contributed by atoms with van der Waals surface area (Å²) in [5.41, 5.74) is 1.74. The number of carbonyl (C=O) groups is 1. The Labute approximate surface area is 116 Å². The molecule has 2 N–H and O–H groups in total. The van der Waals surface area contributed by atoms with Crippen LogP contribution in [0, 0.1) is 11.3 Å². The minimum atomic E-state index is -0.877. The molecule has 0 atom stereocenters. The van der Waals surface area contributed by atoms with Gasteiger partial charge in [-0.3, -0.25) is 0 Å². The van der Waals surface area contributed by atoms with Crippen molar-refractivity contribution in [3.63, 3.8) is 0 Å². The maximum atomic E-state index is 10.7. The van der Waals surface area contributed by atoms with E-state index >= 15 is 0 Å². The van der Waals surface area contributed by atoms with Gasteiger partial charge in [0.2, 0.25) is 0 Å². The van der Waals surface area contributed by atoms with Gasteiger partial charge in [-0.2, -0.15) is 0 Å². The molecule has 1 aromatic rings. The largest absolute Gasteiger partial charge is 0.478 e. The minimum absolute atomic E-state index is 0.287. The van der Waals surface area contributed by atoms with Crippen LogP contribution in [0.5, 0.6) is 0 Å². The fourth-order valence-corrected chi connectivity index (χ4v) is 2.49. The summed E-state index contributed by atoms with van der Waals surface area (Å²) in [5.74, 6) is -0.177. The lowest BCUT2D eigenvalue weighted by molar-refractivity contribution is 0.0697. The first-order chi connectivity index (χ1) is 8.80. The molecule has 0 fully saturated rings. The van der Waals surface area contributed by atoms with Gasteiger partial charge < -0.3 is 10.4 Å². The molecule has 0 bridgehead atoms. The number of hydrogen-bond acceptors (Lipinski definition) is 2. The van der Waals surface area contributed by atoms with Crippen LogP contribution < -0.4 is 5.32 Å². The molecule has 0 saturated heterocycles. The fourth-order valence-electron chi connectivity index (χ4n) is 2.49. The molecule has 3 nitrogen and oxygen atoms in total. The molecule has 0 aromatic heterocycles. The summed E-state index contributed by atoms with van der Waals surface area (Å²) in [6, 6.07) is 7.04. The Bertz CT molecular complexity index is 407. The quantitative estimate of drug-likeness (QED) is 0.791. The molecular weight excluding hydrogens is 238 g/mol. The average Bonchev–Trinajstić information content (AvgIpc) is 2.27. The van der Waals surface area contributed by atoms with Crippen LogP contribution in [0.1, 0.15) is 50.0 Å². The summed E-state index contributed by atoms with van der Waals surface area (Å²) < 4.78 is 0. The summed E-state index contributed by atoms with van der Waals surface area (Å²) in [6.45, 7) is 10.8. The Morgan fingerprint density at radius 2 is 1.84 bits per heavy atom. The molecule has 19 heavy (non-hydrogen) atoms. The van der Waals surface area contributed by atoms with E-state index in [1.807, 2.05) is 12.1 Å². The normalized spacial score (nSPS) is 11.8. The number of aromatic carboxylic acids is 1. The zero-order chi connectivity index (χ0) is 14.5. The van der Waals surface area contributed by atoms with E-state index in [0.717, 1.165) is 18.7 Å². The number of carboxylic acids is 1. The Morgan fingerprint density at radius 1 is 1.26 bits per heavy atom. The second kappa shape index (κ2) is 6.71. The lowest BCUT2D eigenvalue weighted by Crippen LogP contribution is -2.30. The second-order valence-electron chi connectivity index (χ2n) is 6.37. The third-order valence-electron chi connectivity index (χ3n) is 3.09. The van der Waals surface area contributed by atoms with E-state index in [1.54, 1.807) is 12.1 Å². The molecule has 3 heteroatoms. The maximum absolute atomic E-state index is 10.7. The Morgan fingerprint density at radius 3 is 2.32 bits per heavy atom. The van der Waals surface area contributed by atoms with Crippen molar-refractivity contribution in [2.24, 2.45) is 11.3 Å². The van der Waals surface area contributed by atoms with Crippen LogP contribution in [0.15, 0.2) is 24.3 Å². The summed E-state index contributed by atoms with van der Waals surface area (Å²) in [7, 11) is 0. The van der Waals surface area contributed by atoms with Crippen molar-refractivity contribution in [3.8, 4) is 0 Å². The maximum Gasteiger partial charge on any atom is 0.335 e. The Kier molecular flexibility index (Phi) is 5.55. The van der Waals surface area contributed by atoms with Crippen molar-refractivity contribution in [2.45, 2.75) is 40.7 Å². The van der Waals surface area contributed by atoms with Gasteiger partial charge in [0.15, 0.2) is 0 Å². The molecule has 0 aliphatic rings. The van der Waals surface area contributed by atoms with Crippen molar-refractivity contribution >= 4 is 5.97 Å².